The van der Waals surface area contributed by atoms with Crippen molar-refractivity contribution in [2.75, 3.05) is 0 Å². The molecular formula is C15H10F3NO4Se. The van der Waals surface area contributed by atoms with Gasteiger partial charge in [-0.05, 0) is 0 Å². The van der Waals surface area contributed by atoms with Crippen LogP contribution in [-0.2, 0) is 4.74 Å². The zero-order valence-corrected chi connectivity index (χ0v) is 13.6. The Hall–Kier alpha value is -2.38. The first kappa shape index (κ1) is 18.0. The van der Waals surface area contributed by atoms with Gasteiger partial charge in [0, 0.05) is 0 Å². The van der Waals surface area contributed by atoms with Gasteiger partial charge in [0.25, 0.3) is 0 Å². The molecule has 1 unspecified atom stereocenters. The summed E-state index contributed by atoms with van der Waals surface area (Å²) in [4.78, 5) is 21.8. The van der Waals surface area contributed by atoms with Crippen LogP contribution in [0.5, 0.6) is 0 Å². The van der Waals surface area contributed by atoms with Crippen LogP contribution in [0, 0.1) is 10.1 Å². The zero-order valence-electron chi connectivity index (χ0n) is 11.9. The van der Waals surface area contributed by atoms with Crippen molar-refractivity contribution in [3.63, 3.8) is 0 Å². The molecule has 0 fully saturated rings. The van der Waals surface area contributed by atoms with Gasteiger partial charge in [-0.2, -0.15) is 0 Å². The van der Waals surface area contributed by atoms with Crippen LogP contribution in [-0.4, -0.2) is 37.0 Å². The van der Waals surface area contributed by atoms with Gasteiger partial charge in [-0.15, -0.1) is 0 Å². The molecule has 0 bridgehead atoms. The predicted octanol–water partition coefficient (Wildman–Crippen LogP) is 2.67. The van der Waals surface area contributed by atoms with Crippen LogP contribution in [0.2, 0.25) is 0 Å². The molecule has 2 aromatic carbocycles. The molecule has 0 amide bonds. The fourth-order valence-corrected chi connectivity index (χ4v) is 3.41. The van der Waals surface area contributed by atoms with Gasteiger partial charge in [-0.1, -0.05) is 0 Å². The molecule has 0 saturated heterocycles. The Bertz CT molecular complexity index is 720. The average Bonchev–Trinajstić information content (AvgIpc) is 2.54. The van der Waals surface area contributed by atoms with Crippen LogP contribution in [0.1, 0.15) is 10.4 Å². The van der Waals surface area contributed by atoms with Crippen molar-refractivity contribution in [2.24, 2.45) is 0 Å². The summed E-state index contributed by atoms with van der Waals surface area (Å²) in [6.07, 6.45) is -4.70. The van der Waals surface area contributed by atoms with E-state index in [1.807, 2.05) is 0 Å². The summed E-state index contributed by atoms with van der Waals surface area (Å²) in [6.45, 7) is 0. The number of carbonyl (C=O) groups excluding carboxylic acids is 1. The van der Waals surface area contributed by atoms with Gasteiger partial charge in [0.15, 0.2) is 0 Å². The summed E-state index contributed by atoms with van der Waals surface area (Å²) in [7, 11) is 0. The third-order valence-electron chi connectivity index (χ3n) is 2.78. The molecule has 0 saturated carbocycles. The number of esters is 1. The number of hydrogen-bond acceptors (Lipinski definition) is 4. The summed E-state index contributed by atoms with van der Waals surface area (Å²) in [6, 6.07) is 12.1. The molecule has 0 radical (unpaired) electrons. The number of alkyl halides is 3. The van der Waals surface area contributed by atoms with E-state index >= 15 is 0 Å². The number of nitro groups is 1. The quantitative estimate of drug-likeness (QED) is 0.333. The summed E-state index contributed by atoms with van der Waals surface area (Å²) < 4.78 is 44.3. The van der Waals surface area contributed by atoms with E-state index in [1.54, 1.807) is 18.2 Å². The third kappa shape index (κ3) is 4.81. The van der Waals surface area contributed by atoms with Gasteiger partial charge in [-0.25, -0.2) is 0 Å². The minimum atomic E-state index is -4.70. The molecule has 0 N–H and O–H groups in total. The van der Waals surface area contributed by atoms with Crippen LogP contribution < -0.4 is 4.46 Å². The van der Waals surface area contributed by atoms with Gasteiger partial charge in [0.05, 0.1) is 0 Å². The Morgan fingerprint density at radius 1 is 1.08 bits per heavy atom. The summed E-state index contributed by atoms with van der Waals surface area (Å²) in [5, 5.41) is 8.30. The molecule has 2 rings (SSSR count). The van der Waals surface area contributed by atoms with E-state index in [2.05, 4.69) is 4.74 Å². The number of benzene rings is 2. The van der Waals surface area contributed by atoms with Gasteiger partial charge in [-0.3, -0.25) is 0 Å². The molecule has 1 atom stereocenters. The van der Waals surface area contributed by atoms with Crippen molar-refractivity contribution < 1.29 is 27.6 Å². The number of nitrogens with zero attached hydrogens (tertiary/aromatic N) is 1. The fourth-order valence-electron chi connectivity index (χ4n) is 1.66. The van der Waals surface area contributed by atoms with Crippen molar-refractivity contribution in [1.29, 1.82) is 0 Å². The van der Waals surface area contributed by atoms with E-state index in [-0.39, 0.29) is 11.3 Å². The van der Waals surface area contributed by atoms with Crippen molar-refractivity contribution >= 4 is 31.1 Å². The van der Waals surface area contributed by atoms with E-state index in [1.165, 1.54) is 12.1 Å². The number of hydrogen-bond donors (Lipinski definition) is 0. The average molecular weight is 404 g/mol. The first-order chi connectivity index (χ1) is 11.3. The van der Waals surface area contributed by atoms with Gasteiger partial charge >= 0.3 is 140 Å². The standard InChI is InChI=1S/C15H10F3NO4Se/c16-15(17,18)14(24-12-4-2-1-3-5-12)23-13(20)10-6-8-11(9-7-10)19(21)22/h1-9,14H. The second-order valence-electron chi connectivity index (χ2n) is 4.51. The predicted molar refractivity (Wildman–Crippen MR) is 80.2 cm³/mol. The Balaban J connectivity index is 2.14. The first-order valence-corrected chi connectivity index (χ1v) is 8.36. The Morgan fingerprint density at radius 2 is 1.67 bits per heavy atom. The van der Waals surface area contributed by atoms with E-state index < -0.39 is 37.0 Å². The Labute approximate surface area is 140 Å². The number of non-ortho nitro benzene ring substituents is 1. The van der Waals surface area contributed by atoms with E-state index in [9.17, 15) is 28.1 Å². The van der Waals surface area contributed by atoms with Crippen molar-refractivity contribution in [3.8, 4) is 0 Å². The van der Waals surface area contributed by atoms with Crippen LogP contribution in [0.3, 0.4) is 0 Å². The number of halogens is 3. The zero-order chi connectivity index (χ0) is 17.7. The molecule has 0 aliphatic rings. The first-order valence-electron chi connectivity index (χ1n) is 6.51. The van der Waals surface area contributed by atoms with Crippen LogP contribution >= 0.6 is 0 Å². The molecule has 0 spiro atoms. The van der Waals surface area contributed by atoms with Gasteiger partial charge in [0.2, 0.25) is 0 Å². The molecule has 2 aromatic rings. The summed E-state index contributed by atoms with van der Waals surface area (Å²) in [5.41, 5.74) is -0.453. The topological polar surface area (TPSA) is 69.4 Å². The van der Waals surface area contributed by atoms with Crippen LogP contribution in [0.4, 0.5) is 18.9 Å². The molecular weight excluding hydrogens is 394 g/mol. The monoisotopic (exact) mass is 405 g/mol. The van der Waals surface area contributed by atoms with Crippen molar-refractivity contribution in [1.82, 2.24) is 0 Å². The third-order valence-corrected chi connectivity index (χ3v) is 5.14. The van der Waals surface area contributed by atoms with Crippen molar-refractivity contribution in [3.05, 3.63) is 70.3 Å². The van der Waals surface area contributed by atoms with Gasteiger partial charge < -0.3 is 0 Å². The number of rotatable bonds is 5. The SMILES string of the molecule is O=C(OC([Se]c1ccccc1)C(F)(F)F)c1ccc([N+](=O)[O-])cc1. The second kappa shape index (κ2) is 7.46. The fraction of sp³-hybridized carbons (Fsp3) is 0.133. The Kier molecular flexibility index (Phi) is 5.58. The van der Waals surface area contributed by atoms with Crippen LogP contribution in [0.25, 0.3) is 0 Å². The van der Waals surface area contributed by atoms with E-state index in [0.29, 0.717) is 4.46 Å². The van der Waals surface area contributed by atoms with E-state index in [4.69, 9.17) is 0 Å². The molecule has 0 aromatic heterocycles. The molecule has 0 aliphatic heterocycles. The number of carbonyl (C=O) groups is 1. The second-order valence-corrected chi connectivity index (χ2v) is 6.90. The number of ether oxygens (including phenoxy) is 1. The molecule has 24 heavy (non-hydrogen) atoms. The summed E-state index contributed by atoms with van der Waals surface area (Å²) in [5.74, 6) is -1.18. The number of nitro benzene ring substituents is 1. The van der Waals surface area contributed by atoms with Crippen LogP contribution in [0.15, 0.2) is 54.6 Å². The minimum absolute atomic E-state index is 0.182. The maximum absolute atomic E-state index is 13.1. The maximum atomic E-state index is 13.1. The van der Waals surface area contributed by atoms with Gasteiger partial charge in [0.1, 0.15) is 0 Å². The van der Waals surface area contributed by atoms with Crippen molar-refractivity contribution in [2.45, 2.75) is 11.2 Å². The molecule has 0 heterocycles. The summed E-state index contributed by atoms with van der Waals surface area (Å²) >= 11 is -1.16. The molecule has 9 heteroatoms. The van der Waals surface area contributed by atoms with E-state index in [0.717, 1.165) is 24.3 Å². The molecule has 0 aliphatic carbocycles. The normalized spacial score (nSPS) is 12.5. The molecule has 5 nitrogen and oxygen atoms in total. The molecule has 126 valence electrons. The Morgan fingerprint density at radius 3 is 2.17 bits per heavy atom.